The van der Waals surface area contributed by atoms with Crippen LogP contribution in [0.2, 0.25) is 0 Å². The van der Waals surface area contributed by atoms with Crippen molar-refractivity contribution in [2.45, 2.75) is 41.0 Å². The summed E-state index contributed by atoms with van der Waals surface area (Å²) in [5.74, 6) is 0. The summed E-state index contributed by atoms with van der Waals surface area (Å²) >= 11 is 0. The van der Waals surface area contributed by atoms with Gasteiger partial charge in [-0.2, -0.15) is 0 Å². The average molecular weight is 897 g/mol. The van der Waals surface area contributed by atoms with Gasteiger partial charge in [0.05, 0.1) is 27.6 Å². The number of hydrogen-bond donors (Lipinski definition) is 1. The maximum Gasteiger partial charge on any atom is 0.0971 e. The third-order valence-corrected chi connectivity index (χ3v) is 12.0. The predicted octanol–water partition coefficient (Wildman–Crippen LogP) is 18.6. The largest absolute Gasteiger partial charge is 0.388 e. The number of para-hydroxylation sites is 3. The summed E-state index contributed by atoms with van der Waals surface area (Å²) < 4.78 is 2.44. The number of nitrogens with one attached hydrogen (secondary N) is 1. The molecule has 9 aromatic carbocycles. The van der Waals surface area contributed by atoms with E-state index in [0.29, 0.717) is 0 Å². The molecule has 0 aliphatic rings. The topological polar surface area (TPSA) is 42.2 Å². The van der Waals surface area contributed by atoms with Crippen molar-refractivity contribution >= 4 is 76.4 Å². The van der Waals surface area contributed by atoms with Crippen LogP contribution in [0.1, 0.15) is 41.0 Å². The molecule has 12 aromatic rings. The van der Waals surface area contributed by atoms with E-state index in [1.165, 1.54) is 88.7 Å². The number of allylic oxidation sites excluding steroid dienone is 5. The van der Waals surface area contributed by atoms with E-state index in [4.69, 9.17) is 9.97 Å². The van der Waals surface area contributed by atoms with Crippen molar-refractivity contribution in [3.8, 4) is 33.4 Å². The van der Waals surface area contributed by atoms with E-state index in [-0.39, 0.29) is 0 Å². The number of nitrogens with zero attached hydrogens (tertiary/aromatic N) is 3. The van der Waals surface area contributed by atoms with Crippen LogP contribution in [-0.4, -0.2) is 21.4 Å². The summed E-state index contributed by atoms with van der Waals surface area (Å²) in [6, 6.07) is 65.5. The Morgan fingerprint density at radius 1 is 0.435 bits per heavy atom. The fourth-order valence-electron chi connectivity index (χ4n) is 9.01. The number of rotatable bonds is 5. The van der Waals surface area contributed by atoms with Crippen LogP contribution < -0.4 is 5.32 Å². The van der Waals surface area contributed by atoms with E-state index in [1.807, 2.05) is 82.5 Å². The molecule has 0 radical (unpaired) electrons. The van der Waals surface area contributed by atoms with Gasteiger partial charge in [0, 0.05) is 57.4 Å². The predicted molar refractivity (Wildman–Crippen MR) is 303 cm³/mol. The Balaban J connectivity index is 0.000000272. The van der Waals surface area contributed by atoms with Gasteiger partial charge in [-0.1, -0.05) is 184 Å². The monoisotopic (exact) mass is 896 g/mol. The molecule has 0 spiro atoms. The Kier molecular flexibility index (Phi) is 15.3. The fourth-order valence-corrected chi connectivity index (χ4v) is 9.01. The Bertz CT molecular complexity index is 3660. The first-order valence-corrected chi connectivity index (χ1v) is 24.0. The maximum atomic E-state index is 4.73. The van der Waals surface area contributed by atoms with Gasteiger partial charge >= 0.3 is 0 Å². The summed E-state index contributed by atoms with van der Waals surface area (Å²) in [4.78, 5) is 9.43. The SMILES string of the molecule is C/C=C\C=C/C.C=CC.CCC.CNc1ccccc1.c1cc(-c2cccc(-c3ccc4c(c3)c3cccc5c6ccccc6n4c53)c2)cc(-c2ccc3c(c2)c2ccccc2c2nccnc32)c1. The van der Waals surface area contributed by atoms with Crippen molar-refractivity contribution in [2.24, 2.45) is 0 Å². The summed E-state index contributed by atoms with van der Waals surface area (Å²) in [5, 5.41) is 12.9. The van der Waals surface area contributed by atoms with Gasteiger partial charge in [0.15, 0.2) is 0 Å². The quantitative estimate of drug-likeness (QED) is 0.106. The smallest absolute Gasteiger partial charge is 0.0971 e. The third-order valence-electron chi connectivity index (χ3n) is 12.0. The molecule has 0 unspecified atom stereocenters. The van der Waals surface area contributed by atoms with Crippen LogP contribution >= 0.6 is 0 Å². The zero-order valence-electron chi connectivity index (χ0n) is 40.6. The lowest BCUT2D eigenvalue weighted by molar-refractivity contribution is 1.09. The molecular formula is C65H60N4. The fraction of sp³-hybridized carbons (Fsp3) is 0.108. The molecule has 69 heavy (non-hydrogen) atoms. The molecule has 0 amide bonds. The molecule has 0 bridgehead atoms. The first-order chi connectivity index (χ1) is 34.0. The van der Waals surface area contributed by atoms with E-state index >= 15 is 0 Å². The second-order valence-electron chi connectivity index (χ2n) is 16.8. The molecule has 0 saturated heterocycles. The van der Waals surface area contributed by atoms with Crippen LogP contribution in [0, 0.1) is 0 Å². The minimum Gasteiger partial charge on any atom is -0.388 e. The van der Waals surface area contributed by atoms with Crippen molar-refractivity contribution in [3.63, 3.8) is 0 Å². The van der Waals surface area contributed by atoms with E-state index in [2.05, 4.69) is 182 Å². The van der Waals surface area contributed by atoms with E-state index in [1.54, 1.807) is 18.5 Å². The summed E-state index contributed by atoms with van der Waals surface area (Å²) in [7, 11) is 1.91. The van der Waals surface area contributed by atoms with Crippen LogP contribution in [0.15, 0.2) is 231 Å². The lowest BCUT2D eigenvalue weighted by atomic mass is 9.93. The molecule has 3 aromatic heterocycles. The van der Waals surface area contributed by atoms with Crippen LogP contribution in [-0.2, 0) is 0 Å². The van der Waals surface area contributed by atoms with Crippen molar-refractivity contribution in [1.29, 1.82) is 0 Å². The first-order valence-electron chi connectivity index (χ1n) is 24.0. The number of anilines is 1. The lowest BCUT2D eigenvalue weighted by Crippen LogP contribution is -1.89. The molecule has 0 aliphatic carbocycles. The van der Waals surface area contributed by atoms with Gasteiger partial charge in [0.1, 0.15) is 0 Å². The van der Waals surface area contributed by atoms with Crippen molar-refractivity contribution in [1.82, 2.24) is 14.4 Å². The highest BCUT2D eigenvalue weighted by molar-refractivity contribution is 6.24. The van der Waals surface area contributed by atoms with Gasteiger partial charge in [-0.3, -0.25) is 9.97 Å². The first kappa shape index (κ1) is 47.2. The molecule has 0 fully saturated rings. The Hall–Kier alpha value is -8.34. The Morgan fingerprint density at radius 2 is 0.855 bits per heavy atom. The maximum absolute atomic E-state index is 4.73. The normalized spacial score (nSPS) is 11.0. The minimum absolute atomic E-state index is 0.943. The molecule has 0 saturated carbocycles. The Morgan fingerprint density at radius 3 is 1.41 bits per heavy atom. The van der Waals surface area contributed by atoms with Gasteiger partial charge in [0.25, 0.3) is 0 Å². The molecule has 0 aliphatic heterocycles. The van der Waals surface area contributed by atoms with Crippen molar-refractivity contribution in [3.05, 3.63) is 231 Å². The highest BCUT2D eigenvalue weighted by Crippen LogP contribution is 2.41. The second kappa shape index (κ2) is 22.4. The van der Waals surface area contributed by atoms with Crippen LogP contribution in [0.25, 0.3) is 104 Å². The minimum atomic E-state index is 0.943. The van der Waals surface area contributed by atoms with Crippen LogP contribution in [0.5, 0.6) is 0 Å². The molecule has 0 atom stereocenters. The third kappa shape index (κ3) is 9.88. The van der Waals surface area contributed by atoms with Gasteiger partial charge in [0.2, 0.25) is 0 Å². The zero-order chi connectivity index (χ0) is 48.1. The summed E-state index contributed by atoms with van der Waals surface area (Å²) in [6.07, 6.45) is 14.6. The van der Waals surface area contributed by atoms with Gasteiger partial charge in [-0.25, -0.2) is 0 Å². The van der Waals surface area contributed by atoms with Crippen LogP contribution in [0.3, 0.4) is 0 Å². The molecule has 12 rings (SSSR count). The summed E-state index contributed by atoms with van der Waals surface area (Å²) in [6.45, 7) is 13.5. The van der Waals surface area contributed by atoms with E-state index in [9.17, 15) is 0 Å². The van der Waals surface area contributed by atoms with Gasteiger partial charge in [-0.05, 0) is 113 Å². The van der Waals surface area contributed by atoms with Crippen LogP contribution in [0.4, 0.5) is 5.69 Å². The molecule has 4 nitrogen and oxygen atoms in total. The lowest BCUT2D eigenvalue weighted by Gasteiger charge is -2.12. The zero-order valence-corrected chi connectivity index (χ0v) is 40.6. The second-order valence-corrected chi connectivity index (χ2v) is 16.8. The number of aromatic nitrogens is 3. The average Bonchev–Trinajstić information content (AvgIpc) is 3.94. The number of hydrogen-bond acceptors (Lipinski definition) is 3. The molecule has 340 valence electrons. The number of benzene rings is 9. The summed E-state index contributed by atoms with van der Waals surface area (Å²) in [5.41, 5.74) is 14.1. The highest BCUT2D eigenvalue weighted by atomic mass is 14.9. The van der Waals surface area contributed by atoms with Crippen molar-refractivity contribution in [2.75, 3.05) is 12.4 Å². The van der Waals surface area contributed by atoms with Gasteiger partial charge < -0.3 is 9.72 Å². The molecular weight excluding hydrogens is 837 g/mol. The standard InChI is InChI=1S/C46H27N3.C7H9N.C6H10.C3H8.C3H6/c1-2-14-36-34(12-1)40-26-32(18-20-37(40)45-44(36)47-22-23-48-45)30-10-5-8-28(24-30)29-9-6-11-31(25-29)33-19-21-43-41(27-33)39-16-7-15-38-35-13-3-4-17-42(35)49(43)46(38)39;1-8-7-5-3-2-4-6-7;1-3-5-6-4-2;2*1-3-2/h1-27H;2-6,8H,1H3;3-6H,1-2H3;3H2,1-2H3;3H,1H2,2H3/b;;5-3-,6-4-;;. The van der Waals surface area contributed by atoms with E-state index < -0.39 is 0 Å². The highest BCUT2D eigenvalue weighted by Gasteiger charge is 2.18. The van der Waals surface area contributed by atoms with E-state index in [0.717, 1.165) is 27.5 Å². The van der Waals surface area contributed by atoms with Crippen molar-refractivity contribution < 1.29 is 0 Å². The molecule has 1 N–H and O–H groups in total. The molecule has 3 heterocycles. The van der Waals surface area contributed by atoms with Gasteiger partial charge in [-0.15, -0.1) is 6.58 Å². The Labute approximate surface area is 407 Å². The molecule has 4 heteroatoms. The number of fused-ring (bicyclic) bond motifs is 12.